The standard InChI is InChI=1S/C12H26N2O2/c1-5-10(6-2)11(15)7-13-8-12(16)14-9(3)4/h9-11,13,15H,5-8H2,1-4H3,(H,14,16). The van der Waals surface area contributed by atoms with Gasteiger partial charge in [-0.3, -0.25) is 4.79 Å². The Morgan fingerprint density at radius 2 is 1.81 bits per heavy atom. The van der Waals surface area contributed by atoms with Crippen molar-refractivity contribution < 1.29 is 9.90 Å². The first-order valence-corrected chi connectivity index (χ1v) is 6.19. The molecular formula is C12H26N2O2. The molecule has 0 saturated carbocycles. The lowest BCUT2D eigenvalue weighted by Gasteiger charge is -2.20. The lowest BCUT2D eigenvalue weighted by atomic mass is 9.97. The van der Waals surface area contributed by atoms with E-state index in [1.807, 2.05) is 13.8 Å². The number of hydrogen-bond donors (Lipinski definition) is 3. The summed E-state index contributed by atoms with van der Waals surface area (Å²) in [5.41, 5.74) is 0. The molecule has 1 atom stereocenters. The lowest BCUT2D eigenvalue weighted by molar-refractivity contribution is -0.120. The highest BCUT2D eigenvalue weighted by molar-refractivity contribution is 5.78. The third kappa shape index (κ3) is 6.80. The zero-order valence-electron chi connectivity index (χ0n) is 10.9. The van der Waals surface area contributed by atoms with Crippen LogP contribution in [0.3, 0.4) is 0 Å². The molecule has 0 saturated heterocycles. The van der Waals surface area contributed by atoms with Crippen molar-refractivity contribution in [1.82, 2.24) is 10.6 Å². The molecule has 4 nitrogen and oxygen atoms in total. The zero-order chi connectivity index (χ0) is 12.6. The Morgan fingerprint density at radius 3 is 2.25 bits per heavy atom. The van der Waals surface area contributed by atoms with Crippen molar-refractivity contribution in [2.24, 2.45) is 5.92 Å². The van der Waals surface area contributed by atoms with Gasteiger partial charge in [0.15, 0.2) is 0 Å². The van der Waals surface area contributed by atoms with E-state index in [-0.39, 0.29) is 24.6 Å². The van der Waals surface area contributed by atoms with Crippen LogP contribution in [0.4, 0.5) is 0 Å². The molecule has 0 aliphatic rings. The van der Waals surface area contributed by atoms with Gasteiger partial charge in [0.05, 0.1) is 12.6 Å². The van der Waals surface area contributed by atoms with Gasteiger partial charge in [0, 0.05) is 12.6 Å². The second-order valence-corrected chi connectivity index (χ2v) is 4.50. The van der Waals surface area contributed by atoms with Crippen LogP contribution in [0.15, 0.2) is 0 Å². The van der Waals surface area contributed by atoms with Gasteiger partial charge < -0.3 is 15.7 Å². The van der Waals surface area contributed by atoms with Crippen molar-refractivity contribution in [3.8, 4) is 0 Å². The Morgan fingerprint density at radius 1 is 1.25 bits per heavy atom. The first kappa shape index (κ1) is 15.4. The van der Waals surface area contributed by atoms with Gasteiger partial charge in [0.1, 0.15) is 0 Å². The molecule has 16 heavy (non-hydrogen) atoms. The molecule has 96 valence electrons. The molecule has 3 N–H and O–H groups in total. The van der Waals surface area contributed by atoms with Gasteiger partial charge in [-0.1, -0.05) is 26.7 Å². The van der Waals surface area contributed by atoms with Crippen molar-refractivity contribution in [3.05, 3.63) is 0 Å². The van der Waals surface area contributed by atoms with Crippen molar-refractivity contribution in [2.45, 2.75) is 52.7 Å². The van der Waals surface area contributed by atoms with Gasteiger partial charge in [0.25, 0.3) is 0 Å². The number of hydrogen-bond acceptors (Lipinski definition) is 3. The predicted molar refractivity (Wildman–Crippen MR) is 66.2 cm³/mol. The van der Waals surface area contributed by atoms with Crippen LogP contribution in [0, 0.1) is 5.92 Å². The number of aliphatic hydroxyl groups excluding tert-OH is 1. The van der Waals surface area contributed by atoms with E-state index in [2.05, 4.69) is 24.5 Å². The van der Waals surface area contributed by atoms with Gasteiger partial charge in [-0.15, -0.1) is 0 Å². The molecule has 0 bridgehead atoms. The van der Waals surface area contributed by atoms with E-state index in [0.29, 0.717) is 12.5 Å². The molecule has 1 amide bonds. The number of rotatable bonds is 8. The van der Waals surface area contributed by atoms with E-state index in [1.54, 1.807) is 0 Å². The third-order valence-corrected chi connectivity index (χ3v) is 2.68. The van der Waals surface area contributed by atoms with Gasteiger partial charge >= 0.3 is 0 Å². The van der Waals surface area contributed by atoms with Crippen LogP contribution in [0.5, 0.6) is 0 Å². The molecule has 0 aliphatic heterocycles. The van der Waals surface area contributed by atoms with Gasteiger partial charge in [-0.05, 0) is 19.8 Å². The van der Waals surface area contributed by atoms with Crippen LogP contribution >= 0.6 is 0 Å². The fourth-order valence-corrected chi connectivity index (χ4v) is 1.71. The molecule has 0 aliphatic carbocycles. The summed E-state index contributed by atoms with van der Waals surface area (Å²) in [5, 5.41) is 15.6. The third-order valence-electron chi connectivity index (χ3n) is 2.68. The maximum Gasteiger partial charge on any atom is 0.234 e. The van der Waals surface area contributed by atoms with Gasteiger partial charge in [0.2, 0.25) is 5.91 Å². The number of carbonyl (C=O) groups excluding carboxylic acids is 1. The van der Waals surface area contributed by atoms with Crippen molar-refractivity contribution in [2.75, 3.05) is 13.1 Å². The summed E-state index contributed by atoms with van der Waals surface area (Å²) in [6.45, 7) is 8.76. The monoisotopic (exact) mass is 230 g/mol. The number of aliphatic hydroxyl groups is 1. The molecule has 4 heteroatoms. The van der Waals surface area contributed by atoms with Crippen LogP contribution < -0.4 is 10.6 Å². The Bertz CT molecular complexity index is 191. The number of nitrogens with one attached hydrogen (secondary N) is 2. The zero-order valence-corrected chi connectivity index (χ0v) is 10.9. The molecule has 0 aromatic rings. The highest BCUT2D eigenvalue weighted by Gasteiger charge is 2.15. The predicted octanol–water partition coefficient (Wildman–Crippen LogP) is 0.898. The Labute approximate surface area is 98.8 Å². The quantitative estimate of drug-likeness (QED) is 0.580. The largest absolute Gasteiger partial charge is 0.392 e. The molecule has 0 aromatic heterocycles. The minimum Gasteiger partial charge on any atom is -0.392 e. The molecule has 0 heterocycles. The van der Waals surface area contributed by atoms with E-state index >= 15 is 0 Å². The fraction of sp³-hybridized carbons (Fsp3) is 0.917. The van der Waals surface area contributed by atoms with E-state index in [1.165, 1.54) is 0 Å². The van der Waals surface area contributed by atoms with E-state index in [0.717, 1.165) is 12.8 Å². The fourth-order valence-electron chi connectivity index (χ4n) is 1.71. The Balaban J connectivity index is 3.68. The normalized spacial score (nSPS) is 13.2. The Kier molecular flexibility index (Phi) is 8.21. The van der Waals surface area contributed by atoms with Crippen LogP contribution in [-0.2, 0) is 4.79 Å². The molecule has 0 fully saturated rings. The summed E-state index contributed by atoms with van der Waals surface area (Å²) < 4.78 is 0. The summed E-state index contributed by atoms with van der Waals surface area (Å²) in [7, 11) is 0. The van der Waals surface area contributed by atoms with Crippen LogP contribution in [0.1, 0.15) is 40.5 Å². The first-order valence-electron chi connectivity index (χ1n) is 6.19. The van der Waals surface area contributed by atoms with Crippen LogP contribution in [0.2, 0.25) is 0 Å². The van der Waals surface area contributed by atoms with Gasteiger partial charge in [-0.2, -0.15) is 0 Å². The van der Waals surface area contributed by atoms with Crippen molar-refractivity contribution in [1.29, 1.82) is 0 Å². The lowest BCUT2D eigenvalue weighted by Crippen LogP contribution is -2.41. The number of amides is 1. The molecule has 0 aromatic carbocycles. The summed E-state index contributed by atoms with van der Waals surface area (Å²) in [6, 6.07) is 0.165. The highest BCUT2D eigenvalue weighted by Crippen LogP contribution is 2.11. The minimum atomic E-state index is -0.359. The van der Waals surface area contributed by atoms with E-state index in [9.17, 15) is 9.90 Å². The molecule has 0 rings (SSSR count). The maximum atomic E-state index is 11.3. The van der Waals surface area contributed by atoms with Crippen molar-refractivity contribution in [3.63, 3.8) is 0 Å². The Hall–Kier alpha value is -0.610. The smallest absolute Gasteiger partial charge is 0.234 e. The van der Waals surface area contributed by atoms with Gasteiger partial charge in [-0.25, -0.2) is 0 Å². The summed E-state index contributed by atoms with van der Waals surface area (Å²) >= 11 is 0. The summed E-state index contributed by atoms with van der Waals surface area (Å²) in [6.07, 6.45) is 1.58. The summed E-state index contributed by atoms with van der Waals surface area (Å²) in [4.78, 5) is 11.3. The first-order chi connectivity index (χ1) is 7.51. The minimum absolute atomic E-state index is 0.0215. The SMILES string of the molecule is CCC(CC)C(O)CNCC(=O)NC(C)C. The number of carbonyl (C=O) groups is 1. The average molecular weight is 230 g/mol. The topological polar surface area (TPSA) is 61.4 Å². The molecule has 0 radical (unpaired) electrons. The average Bonchev–Trinajstić information content (AvgIpc) is 2.18. The second-order valence-electron chi connectivity index (χ2n) is 4.50. The van der Waals surface area contributed by atoms with E-state index < -0.39 is 0 Å². The van der Waals surface area contributed by atoms with Crippen LogP contribution in [0.25, 0.3) is 0 Å². The second kappa shape index (κ2) is 8.53. The molecule has 1 unspecified atom stereocenters. The molecule has 0 spiro atoms. The maximum absolute atomic E-state index is 11.3. The van der Waals surface area contributed by atoms with E-state index in [4.69, 9.17) is 0 Å². The van der Waals surface area contributed by atoms with Crippen molar-refractivity contribution >= 4 is 5.91 Å². The highest BCUT2D eigenvalue weighted by atomic mass is 16.3. The summed E-state index contributed by atoms with van der Waals surface area (Å²) in [5.74, 6) is 0.299. The van der Waals surface area contributed by atoms with Crippen LogP contribution in [-0.4, -0.2) is 36.2 Å². The molecular weight excluding hydrogens is 204 g/mol.